The highest BCUT2D eigenvalue weighted by atomic mass is 19.1. The lowest BCUT2D eigenvalue weighted by atomic mass is 9.91. The van der Waals surface area contributed by atoms with Gasteiger partial charge in [0.25, 0.3) is 6.29 Å². The van der Waals surface area contributed by atoms with E-state index >= 15 is 0 Å². The van der Waals surface area contributed by atoms with Crippen molar-refractivity contribution in [3.05, 3.63) is 41.9 Å². The first-order valence-corrected chi connectivity index (χ1v) is 9.91. The van der Waals surface area contributed by atoms with E-state index in [2.05, 4.69) is 10.1 Å². The molecule has 2 aliphatic rings. The first-order valence-electron chi connectivity index (χ1n) is 9.91. The lowest BCUT2D eigenvalue weighted by Gasteiger charge is -2.35. The molecule has 4 rings (SSSR count). The Balaban J connectivity index is 1.32. The minimum Gasteiger partial charge on any atom is -0.419 e. The van der Waals surface area contributed by atoms with Gasteiger partial charge in [-0.2, -0.15) is 0 Å². The predicted molar refractivity (Wildman–Crippen MR) is 103 cm³/mol. The van der Waals surface area contributed by atoms with Crippen molar-refractivity contribution in [3.63, 3.8) is 0 Å². The molecular formula is C21H23FN2O6. The lowest BCUT2D eigenvalue weighted by Crippen LogP contribution is -2.47. The highest BCUT2D eigenvalue weighted by Gasteiger charge is 2.39. The summed E-state index contributed by atoms with van der Waals surface area (Å²) in [6.45, 7) is 3.59. The highest BCUT2D eigenvalue weighted by molar-refractivity contribution is 5.93. The van der Waals surface area contributed by atoms with E-state index in [9.17, 15) is 19.1 Å². The molecule has 9 heteroatoms. The van der Waals surface area contributed by atoms with Crippen molar-refractivity contribution in [2.45, 2.75) is 44.0 Å². The molecule has 1 aromatic heterocycles. The maximum atomic E-state index is 13.3. The molecular weight excluding hydrogens is 395 g/mol. The number of esters is 2. The van der Waals surface area contributed by atoms with Crippen LogP contribution in [0.25, 0.3) is 11.0 Å². The molecule has 30 heavy (non-hydrogen) atoms. The van der Waals surface area contributed by atoms with Gasteiger partial charge in [0.2, 0.25) is 0 Å². The number of carbonyl (C=O) groups excluding carboxylic acids is 2. The van der Waals surface area contributed by atoms with Gasteiger partial charge in [0.05, 0.1) is 5.69 Å². The third-order valence-corrected chi connectivity index (χ3v) is 5.68. The molecule has 0 saturated carbocycles. The molecule has 1 fully saturated rings. The van der Waals surface area contributed by atoms with E-state index in [0.717, 1.165) is 49.2 Å². The minimum atomic E-state index is -1.51. The number of likely N-dealkylation sites (tertiary alicyclic amines) is 1. The van der Waals surface area contributed by atoms with Crippen molar-refractivity contribution in [2.75, 3.05) is 19.6 Å². The van der Waals surface area contributed by atoms with Gasteiger partial charge in [-0.15, -0.1) is 0 Å². The number of hydrogen-bond acceptors (Lipinski definition) is 8. The van der Waals surface area contributed by atoms with Gasteiger partial charge in [-0.1, -0.05) is 5.16 Å². The maximum Gasteiger partial charge on any atom is 0.334 e. The second-order valence-corrected chi connectivity index (χ2v) is 7.97. The number of rotatable bonds is 5. The first-order chi connectivity index (χ1) is 14.3. The molecule has 0 bridgehead atoms. The van der Waals surface area contributed by atoms with E-state index < -0.39 is 23.8 Å². The molecule has 0 spiro atoms. The number of cyclic esters (lactones) is 2. The van der Waals surface area contributed by atoms with Gasteiger partial charge < -0.3 is 24.0 Å². The Morgan fingerprint density at radius 3 is 2.53 bits per heavy atom. The van der Waals surface area contributed by atoms with Crippen LogP contribution in [-0.4, -0.2) is 58.6 Å². The fourth-order valence-corrected chi connectivity index (χ4v) is 3.86. The summed E-state index contributed by atoms with van der Waals surface area (Å²) in [5.41, 5.74) is -0.215. The summed E-state index contributed by atoms with van der Waals surface area (Å²) < 4.78 is 28.7. The van der Waals surface area contributed by atoms with E-state index in [-0.39, 0.29) is 18.2 Å². The molecule has 1 unspecified atom stereocenters. The number of halogens is 1. The van der Waals surface area contributed by atoms with E-state index in [4.69, 9.17) is 14.0 Å². The number of hydrogen-bond donors (Lipinski definition) is 1. The number of nitrogens with zero attached hydrogens (tertiary/aromatic N) is 2. The Bertz CT molecular complexity index is 957. The van der Waals surface area contributed by atoms with Gasteiger partial charge in [-0.25, -0.2) is 14.0 Å². The number of carbonyl (C=O) groups is 2. The summed E-state index contributed by atoms with van der Waals surface area (Å²) in [5.74, 6) is -1.60. The topological polar surface area (TPSA) is 102 Å². The van der Waals surface area contributed by atoms with Crippen molar-refractivity contribution in [2.24, 2.45) is 0 Å². The average Bonchev–Trinajstić information content (AvgIpc) is 3.05. The standard InChI is InChI=1S/C21H23FN2O6/c1-21(27,20-28-17(25)4-5-18(26)29-20)8-11-24-9-6-13(7-10-24)19-15-3-2-14(22)12-16(15)30-23-19/h2-5,12-13,20,27H,6-11H2,1H3. The van der Waals surface area contributed by atoms with Crippen molar-refractivity contribution >= 4 is 22.9 Å². The smallest absolute Gasteiger partial charge is 0.334 e. The van der Waals surface area contributed by atoms with Crippen molar-refractivity contribution in [3.8, 4) is 0 Å². The Kier molecular flexibility index (Phi) is 5.57. The van der Waals surface area contributed by atoms with Crippen LogP contribution in [0.1, 0.15) is 37.8 Å². The molecule has 1 atom stereocenters. The second kappa shape index (κ2) is 8.16. The number of ether oxygens (including phenoxy) is 2. The third kappa shape index (κ3) is 4.36. The molecule has 1 aromatic carbocycles. The summed E-state index contributed by atoms with van der Waals surface area (Å²) >= 11 is 0. The fourth-order valence-electron chi connectivity index (χ4n) is 3.86. The first kappa shape index (κ1) is 20.5. The third-order valence-electron chi connectivity index (χ3n) is 5.68. The maximum absolute atomic E-state index is 13.3. The Morgan fingerprint density at radius 1 is 1.20 bits per heavy atom. The van der Waals surface area contributed by atoms with Crippen molar-refractivity contribution < 1.29 is 33.1 Å². The molecule has 1 saturated heterocycles. The van der Waals surface area contributed by atoms with Crippen molar-refractivity contribution in [1.29, 1.82) is 0 Å². The van der Waals surface area contributed by atoms with Crippen LogP contribution in [0.5, 0.6) is 0 Å². The zero-order valence-electron chi connectivity index (χ0n) is 16.5. The molecule has 2 aliphatic heterocycles. The molecule has 0 aliphatic carbocycles. The van der Waals surface area contributed by atoms with Gasteiger partial charge in [0, 0.05) is 36.1 Å². The summed E-state index contributed by atoms with van der Waals surface area (Å²) in [6.07, 6.45) is 2.55. The van der Waals surface area contributed by atoms with Gasteiger partial charge in [-0.3, -0.25) is 0 Å². The van der Waals surface area contributed by atoms with Gasteiger partial charge in [0.15, 0.2) is 5.58 Å². The van der Waals surface area contributed by atoms with Gasteiger partial charge in [-0.05, 0) is 51.4 Å². The molecule has 2 aromatic rings. The van der Waals surface area contributed by atoms with Crippen LogP contribution < -0.4 is 0 Å². The van der Waals surface area contributed by atoms with Crippen molar-refractivity contribution in [1.82, 2.24) is 10.1 Å². The molecule has 8 nitrogen and oxygen atoms in total. The van der Waals surface area contributed by atoms with Crippen LogP contribution in [0.2, 0.25) is 0 Å². The van der Waals surface area contributed by atoms with Gasteiger partial charge >= 0.3 is 11.9 Å². The zero-order chi connectivity index (χ0) is 21.3. The zero-order valence-corrected chi connectivity index (χ0v) is 16.5. The van der Waals surface area contributed by atoms with E-state index in [0.29, 0.717) is 12.1 Å². The van der Waals surface area contributed by atoms with Crippen LogP contribution >= 0.6 is 0 Å². The predicted octanol–water partition coefficient (Wildman–Crippen LogP) is 2.27. The van der Waals surface area contributed by atoms with Crippen LogP contribution in [0.3, 0.4) is 0 Å². The molecule has 3 heterocycles. The molecule has 0 radical (unpaired) electrons. The summed E-state index contributed by atoms with van der Waals surface area (Å²) in [5, 5.41) is 15.7. The molecule has 1 N–H and O–H groups in total. The Morgan fingerprint density at radius 2 is 1.87 bits per heavy atom. The highest BCUT2D eigenvalue weighted by Crippen LogP contribution is 2.33. The quantitative estimate of drug-likeness (QED) is 0.738. The lowest BCUT2D eigenvalue weighted by molar-refractivity contribution is -0.222. The Hall–Kier alpha value is -2.78. The summed E-state index contributed by atoms with van der Waals surface area (Å²) in [4.78, 5) is 25.3. The summed E-state index contributed by atoms with van der Waals surface area (Å²) in [7, 11) is 0. The molecule has 0 amide bonds. The Labute approximate surface area is 172 Å². The van der Waals surface area contributed by atoms with Crippen LogP contribution in [-0.2, 0) is 19.1 Å². The number of aliphatic hydroxyl groups is 1. The van der Waals surface area contributed by atoms with E-state index in [1.54, 1.807) is 6.07 Å². The second-order valence-electron chi connectivity index (χ2n) is 7.97. The summed E-state index contributed by atoms with van der Waals surface area (Å²) in [6, 6.07) is 4.44. The number of aromatic nitrogens is 1. The minimum absolute atomic E-state index is 0.211. The van der Waals surface area contributed by atoms with Crippen LogP contribution in [0.15, 0.2) is 34.9 Å². The van der Waals surface area contributed by atoms with Crippen LogP contribution in [0, 0.1) is 5.82 Å². The largest absolute Gasteiger partial charge is 0.419 e. The number of piperidine rings is 1. The number of benzene rings is 1. The number of fused-ring (bicyclic) bond motifs is 1. The normalized spacial score (nSPS) is 21.3. The molecule has 160 valence electrons. The van der Waals surface area contributed by atoms with E-state index in [1.807, 2.05) is 0 Å². The average molecular weight is 418 g/mol. The SMILES string of the molecule is CC(O)(CCN1CCC(c2noc3cc(F)ccc23)CC1)C1OC(=O)C=CC(=O)O1. The van der Waals surface area contributed by atoms with E-state index in [1.165, 1.54) is 19.1 Å². The fraction of sp³-hybridized carbons (Fsp3) is 0.476. The monoisotopic (exact) mass is 418 g/mol. The van der Waals surface area contributed by atoms with Crippen LogP contribution in [0.4, 0.5) is 4.39 Å². The van der Waals surface area contributed by atoms with Gasteiger partial charge in [0.1, 0.15) is 11.4 Å².